The molecule has 0 saturated carbocycles. The molecule has 0 spiro atoms. The van der Waals surface area contributed by atoms with Crippen molar-refractivity contribution in [3.8, 4) is 0 Å². The maximum absolute atomic E-state index is 11.0. The van der Waals surface area contributed by atoms with Crippen LogP contribution < -0.4 is 0 Å². The van der Waals surface area contributed by atoms with Crippen molar-refractivity contribution in [3.05, 3.63) is 36.0 Å². The Labute approximate surface area is 98.7 Å². The van der Waals surface area contributed by atoms with Gasteiger partial charge < -0.3 is 4.74 Å². The van der Waals surface area contributed by atoms with Gasteiger partial charge in [-0.2, -0.15) is 0 Å². The fourth-order valence-electron chi connectivity index (χ4n) is 1.17. The molecule has 0 saturated heterocycles. The van der Waals surface area contributed by atoms with Crippen LogP contribution in [0.15, 0.2) is 36.0 Å². The summed E-state index contributed by atoms with van der Waals surface area (Å²) >= 11 is 0. The summed E-state index contributed by atoms with van der Waals surface area (Å²) in [6.45, 7) is 10.3. The molecule has 0 aliphatic rings. The van der Waals surface area contributed by atoms with Crippen LogP contribution in [0.4, 0.5) is 0 Å². The topological polar surface area (TPSA) is 26.3 Å². The van der Waals surface area contributed by atoms with E-state index in [1.54, 1.807) is 13.0 Å². The Kier molecular flexibility index (Phi) is 8.22. The van der Waals surface area contributed by atoms with Gasteiger partial charge in [-0.3, -0.25) is 0 Å². The number of allylic oxidation sites excluding steroid dienone is 3. The van der Waals surface area contributed by atoms with Crippen LogP contribution in [0, 0.1) is 0 Å². The van der Waals surface area contributed by atoms with Crippen LogP contribution in [0.25, 0.3) is 0 Å². The van der Waals surface area contributed by atoms with Crippen molar-refractivity contribution < 1.29 is 9.53 Å². The number of esters is 1. The predicted molar refractivity (Wildman–Crippen MR) is 68.2 cm³/mol. The maximum Gasteiger partial charge on any atom is 0.330 e. The molecule has 0 radical (unpaired) electrons. The average Bonchev–Trinajstić information content (AvgIpc) is 2.17. The molecule has 0 aliphatic heterocycles. The van der Waals surface area contributed by atoms with Gasteiger partial charge in [-0.05, 0) is 33.6 Å². The van der Waals surface area contributed by atoms with Gasteiger partial charge in [0.05, 0.1) is 6.61 Å². The molecule has 0 aromatic rings. The van der Waals surface area contributed by atoms with Crippen LogP contribution in [0.1, 0.15) is 40.0 Å². The lowest BCUT2D eigenvalue weighted by atomic mass is 10.1. The molecule has 2 nitrogen and oxygen atoms in total. The minimum Gasteiger partial charge on any atom is -0.462 e. The molecule has 16 heavy (non-hydrogen) atoms. The molecule has 0 fully saturated rings. The van der Waals surface area contributed by atoms with Crippen LogP contribution in [0.3, 0.4) is 0 Å². The van der Waals surface area contributed by atoms with Crippen molar-refractivity contribution in [2.24, 2.45) is 0 Å². The van der Waals surface area contributed by atoms with Gasteiger partial charge in [0.2, 0.25) is 0 Å². The Morgan fingerprint density at radius 3 is 2.56 bits per heavy atom. The highest BCUT2D eigenvalue weighted by Crippen LogP contribution is 2.09. The molecule has 0 bridgehead atoms. The van der Waals surface area contributed by atoms with E-state index in [2.05, 4.69) is 26.5 Å². The van der Waals surface area contributed by atoms with Crippen molar-refractivity contribution in [2.75, 3.05) is 6.61 Å². The van der Waals surface area contributed by atoms with E-state index in [4.69, 9.17) is 4.74 Å². The Morgan fingerprint density at radius 2 is 2.00 bits per heavy atom. The average molecular weight is 222 g/mol. The quantitative estimate of drug-likeness (QED) is 0.372. The Morgan fingerprint density at radius 1 is 1.31 bits per heavy atom. The van der Waals surface area contributed by atoms with Gasteiger partial charge >= 0.3 is 5.97 Å². The smallest absolute Gasteiger partial charge is 0.330 e. The second-order valence-electron chi connectivity index (χ2n) is 3.99. The predicted octanol–water partition coefficient (Wildman–Crippen LogP) is 3.80. The lowest BCUT2D eigenvalue weighted by Crippen LogP contribution is -2.02. The van der Waals surface area contributed by atoms with Gasteiger partial charge in [0.25, 0.3) is 0 Å². The van der Waals surface area contributed by atoms with E-state index < -0.39 is 0 Å². The standard InChI is InChI=1S/C14H22O2/c1-5-7-14(15)16-11-10-13(4)9-6-8-12(2)3/h5,7-8H,4,6,9-11H2,1-3H3/b7-5+. The first-order valence-electron chi connectivity index (χ1n) is 5.65. The zero-order chi connectivity index (χ0) is 12.4. The summed E-state index contributed by atoms with van der Waals surface area (Å²) in [5, 5.41) is 0. The van der Waals surface area contributed by atoms with Gasteiger partial charge in [-0.15, -0.1) is 0 Å². The van der Waals surface area contributed by atoms with Crippen LogP contribution in [0.2, 0.25) is 0 Å². The third kappa shape index (κ3) is 9.25. The van der Waals surface area contributed by atoms with E-state index >= 15 is 0 Å². The lowest BCUT2D eigenvalue weighted by molar-refractivity contribution is -0.137. The SMILES string of the molecule is C=C(CCC=C(C)C)CCOC(=O)/C=C/C. The van der Waals surface area contributed by atoms with Gasteiger partial charge in [-0.1, -0.05) is 29.9 Å². The molecule has 0 rings (SSSR count). The summed E-state index contributed by atoms with van der Waals surface area (Å²) in [5.41, 5.74) is 2.46. The molecule has 0 aliphatic carbocycles. The third-order valence-corrected chi connectivity index (χ3v) is 2.05. The van der Waals surface area contributed by atoms with Gasteiger partial charge in [0, 0.05) is 12.5 Å². The zero-order valence-electron chi connectivity index (χ0n) is 10.6. The molecular weight excluding hydrogens is 200 g/mol. The van der Waals surface area contributed by atoms with Crippen LogP contribution in [-0.4, -0.2) is 12.6 Å². The Bertz CT molecular complexity index is 281. The van der Waals surface area contributed by atoms with E-state index in [1.165, 1.54) is 11.6 Å². The number of rotatable bonds is 7. The highest BCUT2D eigenvalue weighted by molar-refractivity contribution is 5.81. The van der Waals surface area contributed by atoms with Crippen LogP contribution in [0.5, 0.6) is 0 Å². The number of hydrogen-bond donors (Lipinski definition) is 0. The first-order chi connectivity index (χ1) is 7.56. The molecule has 0 N–H and O–H groups in total. The Hall–Kier alpha value is -1.31. The molecule has 2 heteroatoms. The minimum atomic E-state index is -0.278. The van der Waals surface area contributed by atoms with E-state index in [9.17, 15) is 4.79 Å². The molecular formula is C14H22O2. The van der Waals surface area contributed by atoms with Crippen molar-refractivity contribution in [3.63, 3.8) is 0 Å². The van der Waals surface area contributed by atoms with Crippen molar-refractivity contribution in [1.82, 2.24) is 0 Å². The fraction of sp³-hybridized carbons (Fsp3) is 0.500. The highest BCUT2D eigenvalue weighted by atomic mass is 16.5. The van der Waals surface area contributed by atoms with Gasteiger partial charge in [-0.25, -0.2) is 4.79 Å². The summed E-state index contributed by atoms with van der Waals surface area (Å²) < 4.78 is 4.98. The Balaban J connectivity index is 3.59. The fourth-order valence-corrected chi connectivity index (χ4v) is 1.17. The van der Waals surface area contributed by atoms with Crippen molar-refractivity contribution in [2.45, 2.75) is 40.0 Å². The molecule has 0 aromatic heterocycles. The number of carbonyl (C=O) groups excluding carboxylic acids is 1. The highest BCUT2D eigenvalue weighted by Gasteiger charge is 1.98. The van der Waals surface area contributed by atoms with E-state index in [0.29, 0.717) is 6.61 Å². The number of ether oxygens (including phenoxy) is 1. The largest absolute Gasteiger partial charge is 0.462 e. The van der Waals surface area contributed by atoms with E-state index in [-0.39, 0.29) is 5.97 Å². The van der Waals surface area contributed by atoms with Gasteiger partial charge in [0.15, 0.2) is 0 Å². The summed E-state index contributed by atoms with van der Waals surface area (Å²) in [6.07, 6.45) is 8.02. The summed E-state index contributed by atoms with van der Waals surface area (Å²) in [5.74, 6) is -0.278. The first-order valence-corrected chi connectivity index (χ1v) is 5.65. The third-order valence-electron chi connectivity index (χ3n) is 2.05. The molecule has 0 heterocycles. The molecule has 0 unspecified atom stereocenters. The second kappa shape index (κ2) is 8.96. The lowest BCUT2D eigenvalue weighted by Gasteiger charge is -2.04. The first kappa shape index (κ1) is 14.7. The second-order valence-corrected chi connectivity index (χ2v) is 3.99. The van der Waals surface area contributed by atoms with E-state index in [0.717, 1.165) is 24.8 Å². The maximum atomic E-state index is 11.0. The molecule has 0 atom stereocenters. The molecule has 0 amide bonds. The van der Waals surface area contributed by atoms with E-state index in [1.807, 2.05) is 0 Å². The monoisotopic (exact) mass is 222 g/mol. The number of carbonyl (C=O) groups is 1. The minimum absolute atomic E-state index is 0.278. The van der Waals surface area contributed by atoms with Crippen LogP contribution in [-0.2, 0) is 9.53 Å². The van der Waals surface area contributed by atoms with Crippen molar-refractivity contribution in [1.29, 1.82) is 0 Å². The number of hydrogen-bond acceptors (Lipinski definition) is 2. The molecule has 0 aromatic carbocycles. The molecule has 90 valence electrons. The summed E-state index contributed by atoms with van der Waals surface area (Å²) in [7, 11) is 0. The van der Waals surface area contributed by atoms with Crippen molar-refractivity contribution >= 4 is 5.97 Å². The van der Waals surface area contributed by atoms with Gasteiger partial charge in [0.1, 0.15) is 0 Å². The normalized spacial score (nSPS) is 10.2. The summed E-state index contributed by atoms with van der Waals surface area (Å²) in [4.78, 5) is 11.0. The van der Waals surface area contributed by atoms with Crippen LogP contribution >= 0.6 is 0 Å². The zero-order valence-corrected chi connectivity index (χ0v) is 10.6. The summed E-state index contributed by atoms with van der Waals surface area (Å²) in [6, 6.07) is 0.